The van der Waals surface area contributed by atoms with Crippen molar-refractivity contribution in [1.82, 2.24) is 5.48 Å². The first-order chi connectivity index (χ1) is 8.22. The Bertz CT molecular complexity index is 537. The first-order valence-electron chi connectivity index (χ1n) is 5.02. The molecule has 2 N–H and O–H groups in total. The molecule has 0 saturated heterocycles. The van der Waals surface area contributed by atoms with Crippen LogP contribution in [0.2, 0.25) is 5.02 Å². The summed E-state index contributed by atoms with van der Waals surface area (Å²) in [5.41, 5.74) is 3.81. The van der Waals surface area contributed by atoms with Crippen LogP contribution in [-0.2, 0) is 0 Å². The predicted molar refractivity (Wildman–Crippen MR) is 66.1 cm³/mol. The van der Waals surface area contributed by atoms with Gasteiger partial charge in [-0.2, -0.15) is 0 Å². The van der Waals surface area contributed by atoms with Crippen LogP contribution >= 0.6 is 11.6 Å². The number of hydroxylamine groups is 1. The highest BCUT2D eigenvalue weighted by atomic mass is 35.5. The normalized spacial score (nSPS) is 10.0. The Morgan fingerprint density at radius 2 is 1.71 bits per heavy atom. The van der Waals surface area contributed by atoms with E-state index in [0.29, 0.717) is 10.6 Å². The zero-order valence-electron chi connectivity index (χ0n) is 8.85. The van der Waals surface area contributed by atoms with Gasteiger partial charge in [0.15, 0.2) is 0 Å². The maximum Gasteiger partial charge on any atom is 0.274 e. The molecule has 2 aromatic rings. The molecule has 1 amide bonds. The van der Waals surface area contributed by atoms with Gasteiger partial charge in [-0.3, -0.25) is 10.0 Å². The molecule has 0 unspecified atom stereocenters. The van der Waals surface area contributed by atoms with Gasteiger partial charge in [0.2, 0.25) is 0 Å². The van der Waals surface area contributed by atoms with Gasteiger partial charge in [-0.15, -0.1) is 0 Å². The highest BCUT2D eigenvalue weighted by Crippen LogP contribution is 2.27. The largest absolute Gasteiger partial charge is 0.288 e. The third-order valence-electron chi connectivity index (χ3n) is 2.43. The van der Waals surface area contributed by atoms with Crippen LogP contribution in [0.3, 0.4) is 0 Å². The van der Waals surface area contributed by atoms with Gasteiger partial charge in [0, 0.05) is 16.1 Å². The number of carbonyl (C=O) groups is 1. The smallest absolute Gasteiger partial charge is 0.274 e. The van der Waals surface area contributed by atoms with Crippen LogP contribution in [0.5, 0.6) is 0 Å². The van der Waals surface area contributed by atoms with Gasteiger partial charge in [0.25, 0.3) is 5.91 Å². The minimum Gasteiger partial charge on any atom is -0.288 e. The predicted octanol–water partition coefficient (Wildman–Crippen LogP) is 3.13. The second-order valence-corrected chi connectivity index (χ2v) is 3.91. The monoisotopic (exact) mass is 247 g/mol. The first-order valence-corrected chi connectivity index (χ1v) is 5.39. The Kier molecular flexibility index (Phi) is 3.42. The molecule has 0 atom stereocenters. The molecule has 86 valence electrons. The van der Waals surface area contributed by atoms with Gasteiger partial charge in [-0.1, -0.05) is 41.9 Å². The maximum absolute atomic E-state index is 11.1. The lowest BCUT2D eigenvalue weighted by atomic mass is 10.0. The zero-order valence-corrected chi connectivity index (χ0v) is 9.61. The second-order valence-electron chi connectivity index (χ2n) is 3.50. The number of amides is 1. The molecule has 0 aromatic heterocycles. The molecule has 0 aliphatic carbocycles. The lowest BCUT2D eigenvalue weighted by Crippen LogP contribution is -2.18. The van der Waals surface area contributed by atoms with Crippen molar-refractivity contribution in [1.29, 1.82) is 0 Å². The van der Waals surface area contributed by atoms with E-state index in [1.165, 1.54) is 0 Å². The Labute approximate surface area is 104 Å². The van der Waals surface area contributed by atoms with Crippen molar-refractivity contribution < 1.29 is 10.0 Å². The van der Waals surface area contributed by atoms with E-state index in [2.05, 4.69) is 0 Å². The lowest BCUT2D eigenvalue weighted by molar-refractivity contribution is 0.0706. The Balaban J connectivity index is 2.36. The van der Waals surface area contributed by atoms with E-state index >= 15 is 0 Å². The van der Waals surface area contributed by atoms with Crippen molar-refractivity contribution in [2.45, 2.75) is 0 Å². The molecule has 0 fully saturated rings. The van der Waals surface area contributed by atoms with Crippen LogP contribution in [0.25, 0.3) is 11.1 Å². The number of rotatable bonds is 2. The zero-order chi connectivity index (χ0) is 12.3. The Morgan fingerprint density at radius 1 is 1.06 bits per heavy atom. The highest BCUT2D eigenvalue weighted by molar-refractivity contribution is 6.33. The molecule has 4 heteroatoms. The SMILES string of the molecule is O=C(NO)c1ccc(-c2ccccc2Cl)cc1. The van der Waals surface area contributed by atoms with E-state index in [1.54, 1.807) is 29.7 Å². The number of hydrogen-bond donors (Lipinski definition) is 2. The summed E-state index contributed by atoms with van der Waals surface area (Å²) in [7, 11) is 0. The van der Waals surface area contributed by atoms with Crippen molar-refractivity contribution in [3.05, 3.63) is 59.1 Å². The molecule has 0 aliphatic heterocycles. The van der Waals surface area contributed by atoms with Crippen LogP contribution in [0, 0.1) is 0 Å². The fourth-order valence-electron chi connectivity index (χ4n) is 1.56. The van der Waals surface area contributed by atoms with E-state index in [1.807, 2.05) is 24.3 Å². The molecule has 0 bridgehead atoms. The molecule has 2 aromatic carbocycles. The molecule has 3 nitrogen and oxygen atoms in total. The Morgan fingerprint density at radius 3 is 2.29 bits per heavy atom. The van der Waals surface area contributed by atoms with Gasteiger partial charge >= 0.3 is 0 Å². The van der Waals surface area contributed by atoms with Gasteiger partial charge in [0.05, 0.1) is 0 Å². The van der Waals surface area contributed by atoms with Crippen molar-refractivity contribution in [2.24, 2.45) is 0 Å². The van der Waals surface area contributed by atoms with E-state index < -0.39 is 5.91 Å². The number of hydrogen-bond acceptors (Lipinski definition) is 2. The van der Waals surface area contributed by atoms with E-state index in [-0.39, 0.29) is 0 Å². The second kappa shape index (κ2) is 4.99. The fourth-order valence-corrected chi connectivity index (χ4v) is 1.81. The molecule has 0 aliphatic rings. The maximum atomic E-state index is 11.1. The van der Waals surface area contributed by atoms with Crippen molar-refractivity contribution >= 4 is 17.5 Å². The molecule has 0 spiro atoms. The average molecular weight is 248 g/mol. The quantitative estimate of drug-likeness (QED) is 0.633. The lowest BCUT2D eigenvalue weighted by Gasteiger charge is -2.05. The van der Waals surface area contributed by atoms with Crippen LogP contribution in [0.15, 0.2) is 48.5 Å². The summed E-state index contributed by atoms with van der Waals surface area (Å²) in [5.74, 6) is -0.532. The van der Waals surface area contributed by atoms with Crippen LogP contribution in [0.1, 0.15) is 10.4 Å². The third-order valence-corrected chi connectivity index (χ3v) is 2.76. The molecule has 0 heterocycles. The minimum absolute atomic E-state index is 0.392. The minimum atomic E-state index is -0.532. The van der Waals surface area contributed by atoms with Crippen molar-refractivity contribution in [3.63, 3.8) is 0 Å². The van der Waals surface area contributed by atoms with Gasteiger partial charge in [-0.25, -0.2) is 5.48 Å². The summed E-state index contributed by atoms with van der Waals surface area (Å²) < 4.78 is 0. The summed E-state index contributed by atoms with van der Waals surface area (Å²) in [5, 5.41) is 9.16. The highest BCUT2D eigenvalue weighted by Gasteiger charge is 2.05. The summed E-state index contributed by atoms with van der Waals surface area (Å²) in [6.45, 7) is 0. The number of carbonyl (C=O) groups excluding carboxylic acids is 1. The van der Waals surface area contributed by atoms with E-state index in [4.69, 9.17) is 16.8 Å². The molecule has 0 saturated carbocycles. The van der Waals surface area contributed by atoms with Gasteiger partial charge < -0.3 is 0 Å². The number of halogens is 1. The number of benzene rings is 2. The fraction of sp³-hybridized carbons (Fsp3) is 0. The summed E-state index contributed by atoms with van der Waals surface area (Å²) >= 11 is 6.07. The van der Waals surface area contributed by atoms with Crippen molar-refractivity contribution in [2.75, 3.05) is 0 Å². The molecular weight excluding hydrogens is 238 g/mol. The summed E-state index contributed by atoms with van der Waals surface area (Å²) in [6, 6.07) is 14.3. The topological polar surface area (TPSA) is 49.3 Å². The summed E-state index contributed by atoms with van der Waals surface area (Å²) in [6.07, 6.45) is 0. The molecule has 0 radical (unpaired) electrons. The average Bonchev–Trinajstić information content (AvgIpc) is 2.39. The standard InChI is InChI=1S/C13H10ClNO2/c14-12-4-2-1-3-11(12)9-5-7-10(8-6-9)13(16)15-17/h1-8,17H,(H,15,16). The first kappa shape index (κ1) is 11.6. The van der Waals surface area contributed by atoms with Crippen LogP contribution in [0.4, 0.5) is 0 Å². The Hall–Kier alpha value is -1.84. The van der Waals surface area contributed by atoms with Gasteiger partial charge in [0.1, 0.15) is 0 Å². The third kappa shape index (κ3) is 2.46. The molecule has 2 rings (SSSR count). The number of nitrogens with one attached hydrogen (secondary N) is 1. The van der Waals surface area contributed by atoms with E-state index in [9.17, 15) is 4.79 Å². The van der Waals surface area contributed by atoms with E-state index in [0.717, 1.165) is 11.1 Å². The molecular formula is C13H10ClNO2. The molecule has 17 heavy (non-hydrogen) atoms. The van der Waals surface area contributed by atoms with Crippen LogP contribution < -0.4 is 5.48 Å². The van der Waals surface area contributed by atoms with Crippen LogP contribution in [-0.4, -0.2) is 11.1 Å². The summed E-state index contributed by atoms with van der Waals surface area (Å²) in [4.78, 5) is 11.1. The van der Waals surface area contributed by atoms with Gasteiger partial charge in [-0.05, 0) is 23.8 Å². The van der Waals surface area contributed by atoms with Crippen molar-refractivity contribution in [3.8, 4) is 11.1 Å².